The van der Waals surface area contributed by atoms with Crippen molar-refractivity contribution in [3.63, 3.8) is 0 Å². The number of aromatic nitrogens is 2. The molecule has 2 aromatic rings. The summed E-state index contributed by atoms with van der Waals surface area (Å²) < 4.78 is 28.1. The van der Waals surface area contributed by atoms with Gasteiger partial charge < -0.3 is 9.47 Å². The molecule has 0 saturated carbocycles. The van der Waals surface area contributed by atoms with Crippen molar-refractivity contribution >= 4 is 27.0 Å². The Balaban J connectivity index is 1.84. The molecule has 1 fully saturated rings. The SMILES string of the molecule is CCn1c(CCC(=O)N2CCCCC2C)nc2cc(S(=O)(=O)N(C)C)ccc21. The van der Waals surface area contributed by atoms with E-state index in [1.165, 1.54) is 24.8 Å². The summed E-state index contributed by atoms with van der Waals surface area (Å²) in [6.45, 7) is 5.71. The smallest absolute Gasteiger partial charge is 0.242 e. The van der Waals surface area contributed by atoms with Crippen molar-refractivity contribution in [1.29, 1.82) is 0 Å². The Labute approximate surface area is 167 Å². The largest absolute Gasteiger partial charge is 0.340 e. The van der Waals surface area contributed by atoms with E-state index in [4.69, 9.17) is 0 Å². The maximum Gasteiger partial charge on any atom is 0.242 e. The Hall–Kier alpha value is -1.93. The fourth-order valence-corrected chi connectivity index (χ4v) is 4.83. The van der Waals surface area contributed by atoms with Gasteiger partial charge in [0, 0.05) is 46.1 Å². The molecule has 0 N–H and O–H groups in total. The summed E-state index contributed by atoms with van der Waals surface area (Å²) in [6.07, 6.45) is 4.32. The van der Waals surface area contributed by atoms with Crippen molar-refractivity contribution in [1.82, 2.24) is 18.8 Å². The fraction of sp³-hybridized carbons (Fsp3) is 0.600. The number of carbonyl (C=O) groups is 1. The topological polar surface area (TPSA) is 75.5 Å². The molecular weight excluding hydrogens is 376 g/mol. The second kappa shape index (κ2) is 8.21. The number of imidazole rings is 1. The van der Waals surface area contributed by atoms with E-state index in [0.717, 1.165) is 37.3 Å². The fourth-order valence-electron chi connectivity index (χ4n) is 3.91. The first-order chi connectivity index (χ1) is 13.3. The maximum atomic E-state index is 12.7. The van der Waals surface area contributed by atoms with Crippen LogP contribution in [0.1, 0.15) is 45.4 Å². The van der Waals surface area contributed by atoms with Gasteiger partial charge in [-0.25, -0.2) is 17.7 Å². The molecule has 1 amide bonds. The lowest BCUT2D eigenvalue weighted by Crippen LogP contribution is -2.42. The van der Waals surface area contributed by atoms with Gasteiger partial charge in [0.15, 0.2) is 0 Å². The Morgan fingerprint density at radius 1 is 1.29 bits per heavy atom. The third kappa shape index (κ3) is 3.93. The Morgan fingerprint density at radius 2 is 2.04 bits per heavy atom. The van der Waals surface area contributed by atoms with Crippen LogP contribution in [0.3, 0.4) is 0 Å². The number of hydrogen-bond donors (Lipinski definition) is 0. The molecule has 1 saturated heterocycles. The van der Waals surface area contributed by atoms with Gasteiger partial charge in [0.2, 0.25) is 15.9 Å². The van der Waals surface area contributed by atoms with Crippen LogP contribution in [0.25, 0.3) is 11.0 Å². The van der Waals surface area contributed by atoms with Crippen LogP contribution in [-0.2, 0) is 27.8 Å². The lowest BCUT2D eigenvalue weighted by Gasteiger charge is -2.33. The van der Waals surface area contributed by atoms with E-state index in [2.05, 4.69) is 16.5 Å². The first-order valence-corrected chi connectivity index (χ1v) is 11.4. The zero-order valence-electron chi connectivity index (χ0n) is 17.2. The van der Waals surface area contributed by atoms with E-state index in [1.807, 2.05) is 11.8 Å². The van der Waals surface area contributed by atoms with Crippen LogP contribution < -0.4 is 0 Å². The summed E-state index contributed by atoms with van der Waals surface area (Å²) in [7, 11) is -0.468. The third-order valence-corrected chi connectivity index (χ3v) is 7.39. The number of aryl methyl sites for hydroxylation is 2. The van der Waals surface area contributed by atoms with E-state index in [-0.39, 0.29) is 10.8 Å². The highest BCUT2D eigenvalue weighted by molar-refractivity contribution is 7.89. The Kier molecular flexibility index (Phi) is 6.09. The third-order valence-electron chi connectivity index (χ3n) is 5.58. The molecule has 0 aliphatic carbocycles. The highest BCUT2D eigenvalue weighted by Gasteiger charge is 2.24. The van der Waals surface area contributed by atoms with Crippen LogP contribution in [0, 0.1) is 0 Å². The highest BCUT2D eigenvalue weighted by Crippen LogP contribution is 2.23. The normalized spacial score (nSPS) is 18.2. The van der Waals surface area contributed by atoms with Crippen LogP contribution in [0.4, 0.5) is 0 Å². The van der Waals surface area contributed by atoms with Crippen LogP contribution >= 0.6 is 0 Å². The molecule has 0 spiro atoms. The summed E-state index contributed by atoms with van der Waals surface area (Å²) >= 11 is 0. The van der Waals surface area contributed by atoms with Gasteiger partial charge in [0.05, 0.1) is 15.9 Å². The molecule has 1 aliphatic rings. The zero-order chi connectivity index (χ0) is 20.5. The summed E-state index contributed by atoms with van der Waals surface area (Å²) in [5.74, 6) is 1.01. The zero-order valence-corrected chi connectivity index (χ0v) is 18.0. The number of likely N-dealkylation sites (tertiary alicyclic amines) is 1. The van der Waals surface area contributed by atoms with Gasteiger partial charge in [0.1, 0.15) is 5.82 Å². The molecule has 2 heterocycles. The van der Waals surface area contributed by atoms with Crippen molar-refractivity contribution < 1.29 is 13.2 Å². The van der Waals surface area contributed by atoms with Crippen molar-refractivity contribution in [2.45, 2.75) is 63.4 Å². The molecule has 0 bridgehead atoms. The quantitative estimate of drug-likeness (QED) is 0.739. The minimum atomic E-state index is -3.50. The summed E-state index contributed by atoms with van der Waals surface area (Å²) in [6, 6.07) is 5.36. The molecule has 1 aliphatic heterocycles. The molecule has 3 rings (SSSR count). The monoisotopic (exact) mass is 406 g/mol. The Morgan fingerprint density at radius 3 is 2.68 bits per heavy atom. The van der Waals surface area contributed by atoms with Crippen LogP contribution in [0.15, 0.2) is 23.1 Å². The van der Waals surface area contributed by atoms with E-state index < -0.39 is 10.0 Å². The molecule has 1 atom stereocenters. The number of carbonyl (C=O) groups excluding carboxylic acids is 1. The number of benzene rings is 1. The van der Waals surface area contributed by atoms with Gasteiger partial charge in [-0.15, -0.1) is 0 Å². The van der Waals surface area contributed by atoms with Gasteiger partial charge >= 0.3 is 0 Å². The summed E-state index contributed by atoms with van der Waals surface area (Å²) in [5.41, 5.74) is 1.55. The van der Waals surface area contributed by atoms with Gasteiger partial charge in [-0.3, -0.25) is 4.79 Å². The maximum absolute atomic E-state index is 12.7. The van der Waals surface area contributed by atoms with E-state index in [0.29, 0.717) is 24.4 Å². The van der Waals surface area contributed by atoms with Crippen LogP contribution in [0.2, 0.25) is 0 Å². The van der Waals surface area contributed by atoms with Crippen molar-refractivity contribution in [2.75, 3.05) is 20.6 Å². The Bertz CT molecular complexity index is 965. The minimum absolute atomic E-state index is 0.179. The van der Waals surface area contributed by atoms with E-state index in [1.54, 1.807) is 18.2 Å². The predicted molar refractivity (Wildman–Crippen MR) is 110 cm³/mol. The van der Waals surface area contributed by atoms with E-state index in [9.17, 15) is 13.2 Å². The van der Waals surface area contributed by atoms with Gasteiger partial charge in [-0.2, -0.15) is 0 Å². The minimum Gasteiger partial charge on any atom is -0.340 e. The molecule has 154 valence electrons. The second-order valence-electron chi connectivity index (χ2n) is 7.64. The number of fused-ring (bicyclic) bond motifs is 1. The standard InChI is InChI=1S/C20H30N4O3S/c1-5-23-18-10-9-16(28(26,27)22(3)4)14-17(18)21-19(23)11-12-20(25)24-13-7-6-8-15(24)2/h9-10,14-15H,5-8,11-13H2,1-4H3. The summed E-state index contributed by atoms with van der Waals surface area (Å²) in [4.78, 5) is 19.5. The second-order valence-corrected chi connectivity index (χ2v) is 9.79. The van der Waals surface area contributed by atoms with Crippen LogP contribution in [-0.4, -0.2) is 59.8 Å². The molecule has 1 aromatic carbocycles. The molecule has 1 aromatic heterocycles. The molecule has 7 nitrogen and oxygen atoms in total. The van der Waals surface area contributed by atoms with E-state index >= 15 is 0 Å². The number of hydrogen-bond acceptors (Lipinski definition) is 4. The number of sulfonamides is 1. The highest BCUT2D eigenvalue weighted by atomic mass is 32.2. The first kappa shape index (κ1) is 20.8. The number of rotatable bonds is 6. The van der Waals surface area contributed by atoms with Gasteiger partial charge in [0.25, 0.3) is 0 Å². The molecular formula is C20H30N4O3S. The summed E-state index contributed by atoms with van der Waals surface area (Å²) in [5, 5.41) is 0. The first-order valence-electron chi connectivity index (χ1n) is 9.97. The number of nitrogens with zero attached hydrogens (tertiary/aromatic N) is 4. The molecule has 8 heteroatoms. The average molecular weight is 407 g/mol. The van der Waals surface area contributed by atoms with Crippen LogP contribution in [0.5, 0.6) is 0 Å². The number of piperidine rings is 1. The predicted octanol–water partition coefficient (Wildman–Crippen LogP) is 2.64. The van der Waals surface area contributed by atoms with Crippen molar-refractivity contribution in [3.05, 3.63) is 24.0 Å². The number of amides is 1. The average Bonchev–Trinajstić information content (AvgIpc) is 3.02. The van der Waals surface area contributed by atoms with Crippen molar-refractivity contribution in [3.8, 4) is 0 Å². The van der Waals surface area contributed by atoms with Gasteiger partial charge in [-0.05, 0) is 51.3 Å². The lowest BCUT2D eigenvalue weighted by molar-refractivity contribution is -0.134. The van der Waals surface area contributed by atoms with Crippen molar-refractivity contribution in [2.24, 2.45) is 0 Å². The molecule has 1 unspecified atom stereocenters. The lowest BCUT2D eigenvalue weighted by atomic mass is 10.0. The van der Waals surface area contributed by atoms with Gasteiger partial charge in [-0.1, -0.05) is 0 Å². The molecule has 28 heavy (non-hydrogen) atoms. The molecule has 0 radical (unpaired) electrons.